The number of benzene rings is 1. The van der Waals surface area contributed by atoms with Crippen molar-refractivity contribution in [2.24, 2.45) is 0 Å². The number of carbonyl (C=O) groups excluding carboxylic acids is 1. The minimum absolute atomic E-state index is 0.0250. The van der Waals surface area contributed by atoms with E-state index >= 15 is 0 Å². The highest BCUT2D eigenvalue weighted by atomic mass is 16.8. The van der Waals surface area contributed by atoms with Gasteiger partial charge in [0.05, 0.1) is 30.3 Å². The second-order valence-corrected chi connectivity index (χ2v) is 9.04. The molecule has 0 aliphatic carbocycles. The molecule has 14 heteroatoms. The van der Waals surface area contributed by atoms with Gasteiger partial charge in [0.1, 0.15) is 17.9 Å². The summed E-state index contributed by atoms with van der Waals surface area (Å²) in [4.78, 5) is 36.4. The Hall–Kier alpha value is -3.88. The fourth-order valence-corrected chi connectivity index (χ4v) is 4.68. The van der Waals surface area contributed by atoms with Crippen molar-refractivity contribution in [3.63, 3.8) is 0 Å². The summed E-state index contributed by atoms with van der Waals surface area (Å²) in [6.45, 7) is 5.34. The number of carbonyl (C=O) groups is 1. The predicted molar refractivity (Wildman–Crippen MR) is 126 cm³/mol. The Balaban J connectivity index is 1.58. The first-order valence-electron chi connectivity index (χ1n) is 11.7. The first-order chi connectivity index (χ1) is 17.7. The minimum Gasteiger partial charge on any atom is -0.478 e. The van der Waals surface area contributed by atoms with Gasteiger partial charge >= 0.3 is 11.7 Å². The number of anilines is 1. The van der Waals surface area contributed by atoms with Crippen molar-refractivity contribution in [1.82, 2.24) is 19.5 Å². The second kappa shape index (κ2) is 9.53. The number of nitrogens with two attached hydrogens (primary N) is 1. The topological polar surface area (TPSA) is 176 Å². The lowest BCUT2D eigenvalue weighted by atomic mass is 10.00. The maximum atomic E-state index is 12.7. The molecule has 2 fully saturated rings. The average molecular weight is 514 g/mol. The lowest BCUT2D eigenvalue weighted by molar-refractivity contribution is -0.386. The quantitative estimate of drug-likeness (QED) is 0.264. The molecule has 14 nitrogen and oxygen atoms in total. The Morgan fingerprint density at radius 1 is 1.27 bits per heavy atom. The molecule has 2 aliphatic rings. The van der Waals surface area contributed by atoms with Gasteiger partial charge in [-0.1, -0.05) is 12.1 Å². The molecular formula is C23H26N6O8. The van der Waals surface area contributed by atoms with Crippen LogP contribution in [-0.4, -0.2) is 67.4 Å². The number of rotatable bonds is 8. The number of hydrogen-bond donors (Lipinski definition) is 1. The molecule has 0 radical (unpaired) electrons. The number of ether oxygens (including phenoxy) is 5. The van der Waals surface area contributed by atoms with E-state index in [1.807, 2.05) is 0 Å². The third kappa shape index (κ3) is 4.65. The van der Waals surface area contributed by atoms with E-state index in [0.717, 1.165) is 0 Å². The van der Waals surface area contributed by atoms with Crippen LogP contribution in [0.4, 0.5) is 11.5 Å². The van der Waals surface area contributed by atoms with E-state index in [2.05, 4.69) is 15.0 Å². The van der Waals surface area contributed by atoms with E-state index in [1.54, 1.807) is 37.5 Å². The van der Waals surface area contributed by atoms with E-state index in [0.29, 0.717) is 11.2 Å². The molecule has 3 aromatic rings. The van der Waals surface area contributed by atoms with E-state index in [4.69, 9.17) is 29.4 Å². The highest BCUT2D eigenvalue weighted by Gasteiger charge is 2.58. The van der Waals surface area contributed by atoms with Gasteiger partial charge in [-0.05, 0) is 26.8 Å². The van der Waals surface area contributed by atoms with Crippen LogP contribution in [-0.2, 0) is 23.7 Å². The van der Waals surface area contributed by atoms with E-state index < -0.39 is 47.3 Å². The van der Waals surface area contributed by atoms with Crippen molar-refractivity contribution in [2.45, 2.75) is 63.6 Å². The van der Waals surface area contributed by atoms with Gasteiger partial charge in [0.25, 0.3) is 0 Å². The number of hydrogen-bond acceptors (Lipinski definition) is 12. The summed E-state index contributed by atoms with van der Waals surface area (Å²) in [5.41, 5.74) is 6.47. The zero-order valence-electron chi connectivity index (χ0n) is 20.3. The molecule has 0 spiro atoms. The Morgan fingerprint density at radius 3 is 2.81 bits per heavy atom. The van der Waals surface area contributed by atoms with Crippen molar-refractivity contribution in [3.8, 4) is 5.75 Å². The Kier molecular flexibility index (Phi) is 6.39. The predicted octanol–water partition coefficient (Wildman–Crippen LogP) is 2.13. The molecule has 5 atom stereocenters. The zero-order chi connectivity index (χ0) is 26.3. The van der Waals surface area contributed by atoms with Gasteiger partial charge in [-0.3, -0.25) is 14.9 Å². The molecule has 0 unspecified atom stereocenters. The lowest BCUT2D eigenvalue weighted by Gasteiger charge is -2.31. The molecule has 0 saturated carbocycles. The summed E-state index contributed by atoms with van der Waals surface area (Å²) in [5.74, 6) is -1.28. The molecule has 4 heterocycles. The number of fused-ring (bicyclic) bond motifs is 2. The molecule has 0 amide bonds. The largest absolute Gasteiger partial charge is 0.478 e. The van der Waals surface area contributed by atoms with Crippen LogP contribution < -0.4 is 10.5 Å². The summed E-state index contributed by atoms with van der Waals surface area (Å²) in [7, 11) is 0. The number of nitro benzene ring substituents is 1. The monoisotopic (exact) mass is 514 g/mol. The standard InChI is InChI=1S/C23H26N6O8/c1-4-33-15(30)9-13(28-11-27-16-20(24)25-10-26-21(16)28)17-18(19-22(35-17)37-23(2,3)36-19)34-14-8-6-5-7-12(14)29(31)32/h5-8,10-11,13,17-19,22H,4,9H2,1-3H3,(H2,24,25,26)/t13-,17-,18+,19-,22-/m1/s1. The minimum atomic E-state index is -0.982. The van der Waals surface area contributed by atoms with Gasteiger partial charge in [0, 0.05) is 6.07 Å². The zero-order valence-corrected chi connectivity index (χ0v) is 20.3. The molecule has 2 N–H and O–H groups in total. The molecule has 1 aromatic carbocycles. The number of aromatic nitrogens is 4. The van der Waals surface area contributed by atoms with E-state index in [9.17, 15) is 14.9 Å². The van der Waals surface area contributed by atoms with Gasteiger partial charge in [-0.25, -0.2) is 15.0 Å². The number of para-hydroxylation sites is 2. The van der Waals surface area contributed by atoms with Gasteiger partial charge in [0.2, 0.25) is 0 Å². The number of nitro groups is 1. The number of imidazole rings is 1. The van der Waals surface area contributed by atoms with Crippen LogP contribution in [0.25, 0.3) is 11.2 Å². The molecule has 2 aromatic heterocycles. The summed E-state index contributed by atoms with van der Waals surface area (Å²) >= 11 is 0. The van der Waals surface area contributed by atoms with Crippen LogP contribution in [0, 0.1) is 10.1 Å². The number of nitrogen functional groups attached to an aromatic ring is 1. The first kappa shape index (κ1) is 24.8. The maximum Gasteiger partial charge on any atom is 0.310 e. The molecule has 2 saturated heterocycles. The Morgan fingerprint density at radius 2 is 2.05 bits per heavy atom. The summed E-state index contributed by atoms with van der Waals surface area (Å²) in [5, 5.41) is 11.7. The summed E-state index contributed by atoms with van der Waals surface area (Å²) in [6.07, 6.45) is -0.783. The SMILES string of the molecule is CCOC(=O)C[C@H]([C@H]1O[C@@H]2OC(C)(C)O[C@@H]2[C@H]1Oc1ccccc1[N+](=O)[O-])n1cnc2c(N)ncnc21. The van der Waals surface area contributed by atoms with Gasteiger partial charge in [-0.2, -0.15) is 0 Å². The fraction of sp³-hybridized carbons (Fsp3) is 0.478. The van der Waals surface area contributed by atoms with Crippen LogP contribution >= 0.6 is 0 Å². The molecule has 0 bridgehead atoms. The number of nitrogens with zero attached hydrogens (tertiary/aromatic N) is 5. The average Bonchev–Trinajstić information content (AvgIpc) is 3.50. The summed E-state index contributed by atoms with van der Waals surface area (Å²) < 4.78 is 31.4. The van der Waals surface area contributed by atoms with E-state index in [-0.39, 0.29) is 30.3 Å². The Labute approximate surface area is 210 Å². The highest BCUT2D eigenvalue weighted by Crippen LogP contribution is 2.44. The van der Waals surface area contributed by atoms with Crippen LogP contribution in [0.3, 0.4) is 0 Å². The maximum absolute atomic E-state index is 12.7. The molecular weight excluding hydrogens is 488 g/mol. The third-order valence-corrected chi connectivity index (χ3v) is 6.16. The van der Waals surface area contributed by atoms with Crippen molar-refractivity contribution in [3.05, 3.63) is 47.0 Å². The molecule has 2 aliphatic heterocycles. The van der Waals surface area contributed by atoms with Gasteiger partial charge in [-0.15, -0.1) is 0 Å². The van der Waals surface area contributed by atoms with Crippen LogP contribution in [0.1, 0.15) is 33.2 Å². The van der Waals surface area contributed by atoms with Crippen molar-refractivity contribution in [2.75, 3.05) is 12.3 Å². The van der Waals surface area contributed by atoms with Crippen LogP contribution in [0.15, 0.2) is 36.9 Å². The van der Waals surface area contributed by atoms with Gasteiger partial charge in [0.15, 0.2) is 41.5 Å². The first-order valence-corrected chi connectivity index (χ1v) is 11.7. The molecule has 5 rings (SSSR count). The third-order valence-electron chi connectivity index (χ3n) is 6.16. The highest BCUT2D eigenvalue weighted by molar-refractivity contribution is 5.81. The normalized spacial score (nSPS) is 25.1. The van der Waals surface area contributed by atoms with Crippen LogP contribution in [0.5, 0.6) is 5.75 Å². The summed E-state index contributed by atoms with van der Waals surface area (Å²) in [6, 6.07) is 5.23. The second-order valence-electron chi connectivity index (χ2n) is 9.04. The molecule has 37 heavy (non-hydrogen) atoms. The van der Waals surface area contributed by atoms with Crippen molar-refractivity contribution < 1.29 is 33.4 Å². The number of esters is 1. The van der Waals surface area contributed by atoms with Crippen molar-refractivity contribution >= 4 is 28.6 Å². The fourth-order valence-electron chi connectivity index (χ4n) is 4.68. The Bertz CT molecular complexity index is 1330. The molecule has 196 valence electrons. The van der Waals surface area contributed by atoms with Crippen LogP contribution in [0.2, 0.25) is 0 Å². The lowest BCUT2D eigenvalue weighted by Crippen LogP contribution is -2.43. The van der Waals surface area contributed by atoms with Crippen molar-refractivity contribution in [1.29, 1.82) is 0 Å². The van der Waals surface area contributed by atoms with Gasteiger partial charge < -0.3 is 34.0 Å². The smallest absolute Gasteiger partial charge is 0.310 e. The van der Waals surface area contributed by atoms with E-state index in [1.165, 1.54) is 24.8 Å².